The molecule has 0 heteroatoms. The van der Waals surface area contributed by atoms with E-state index in [9.17, 15) is 0 Å². The van der Waals surface area contributed by atoms with Crippen LogP contribution in [-0.4, -0.2) is 0 Å². The standard InChI is InChI=1S/C14H28/c1-7-9-14(6)11(2)8-10-13(4,5)12(14)3/h11-12H,7-10H2,1-6H3. The highest BCUT2D eigenvalue weighted by Gasteiger charge is 2.46. The summed E-state index contributed by atoms with van der Waals surface area (Å²) in [5.74, 6) is 1.77. The van der Waals surface area contributed by atoms with E-state index in [1.165, 1.54) is 25.7 Å². The molecule has 0 spiro atoms. The fourth-order valence-corrected chi connectivity index (χ4v) is 3.46. The number of hydrogen-bond donors (Lipinski definition) is 0. The van der Waals surface area contributed by atoms with Crippen LogP contribution in [0, 0.1) is 22.7 Å². The Morgan fingerprint density at radius 3 is 2.21 bits per heavy atom. The topological polar surface area (TPSA) is 0 Å². The Balaban J connectivity index is 2.88. The highest BCUT2D eigenvalue weighted by Crippen LogP contribution is 2.55. The molecule has 0 heterocycles. The molecule has 0 nitrogen and oxygen atoms in total. The van der Waals surface area contributed by atoms with Gasteiger partial charge in [0, 0.05) is 0 Å². The lowest BCUT2D eigenvalue weighted by molar-refractivity contribution is -0.0366. The summed E-state index contributed by atoms with van der Waals surface area (Å²) in [6.45, 7) is 14.7. The van der Waals surface area contributed by atoms with Gasteiger partial charge in [-0.25, -0.2) is 0 Å². The molecule has 0 aromatic carbocycles. The van der Waals surface area contributed by atoms with Gasteiger partial charge >= 0.3 is 0 Å². The molecule has 0 aromatic rings. The van der Waals surface area contributed by atoms with Crippen LogP contribution in [0.2, 0.25) is 0 Å². The molecular weight excluding hydrogens is 168 g/mol. The fraction of sp³-hybridized carbons (Fsp3) is 1.00. The minimum atomic E-state index is 0.552. The minimum absolute atomic E-state index is 0.552. The molecule has 0 radical (unpaired) electrons. The maximum absolute atomic E-state index is 2.52. The summed E-state index contributed by atoms with van der Waals surface area (Å²) in [6.07, 6.45) is 5.57. The summed E-state index contributed by atoms with van der Waals surface area (Å²) in [7, 11) is 0. The van der Waals surface area contributed by atoms with Crippen molar-refractivity contribution in [2.75, 3.05) is 0 Å². The summed E-state index contributed by atoms with van der Waals surface area (Å²) >= 11 is 0. The highest BCUT2D eigenvalue weighted by molar-refractivity contribution is 4.96. The maximum atomic E-state index is 2.52. The van der Waals surface area contributed by atoms with Gasteiger partial charge < -0.3 is 0 Å². The summed E-state index contributed by atoms with van der Waals surface area (Å²) in [5, 5.41) is 0. The van der Waals surface area contributed by atoms with Crippen LogP contribution in [-0.2, 0) is 0 Å². The monoisotopic (exact) mass is 196 g/mol. The lowest BCUT2D eigenvalue weighted by atomic mass is 9.52. The van der Waals surface area contributed by atoms with Crippen LogP contribution in [0.4, 0.5) is 0 Å². The summed E-state index contributed by atoms with van der Waals surface area (Å²) in [5.41, 5.74) is 1.13. The van der Waals surface area contributed by atoms with Gasteiger partial charge in [-0.05, 0) is 41.9 Å². The Morgan fingerprint density at radius 2 is 1.71 bits per heavy atom. The average molecular weight is 196 g/mol. The first-order chi connectivity index (χ1) is 6.34. The van der Waals surface area contributed by atoms with Crippen LogP contribution in [0.25, 0.3) is 0 Å². The molecule has 0 aliphatic heterocycles. The third-order valence-corrected chi connectivity index (χ3v) is 5.30. The minimum Gasteiger partial charge on any atom is -0.0654 e. The molecule has 1 fully saturated rings. The largest absolute Gasteiger partial charge is 0.0654 e. The first-order valence-corrected chi connectivity index (χ1v) is 6.34. The SMILES string of the molecule is CCCC1(C)C(C)CCC(C)(C)C1C. The molecule has 1 saturated carbocycles. The van der Waals surface area contributed by atoms with Gasteiger partial charge in [0.15, 0.2) is 0 Å². The van der Waals surface area contributed by atoms with E-state index in [2.05, 4.69) is 41.5 Å². The van der Waals surface area contributed by atoms with E-state index in [4.69, 9.17) is 0 Å². The van der Waals surface area contributed by atoms with E-state index in [1.54, 1.807) is 0 Å². The smallest absolute Gasteiger partial charge is 0.0269 e. The predicted octanol–water partition coefficient (Wildman–Crippen LogP) is 4.89. The lowest BCUT2D eigenvalue weighted by Gasteiger charge is -2.53. The van der Waals surface area contributed by atoms with Gasteiger partial charge in [0.2, 0.25) is 0 Å². The average Bonchev–Trinajstić information content (AvgIpc) is 2.11. The maximum Gasteiger partial charge on any atom is -0.0269 e. The molecule has 1 rings (SSSR count). The van der Waals surface area contributed by atoms with Crippen molar-refractivity contribution in [3.8, 4) is 0 Å². The number of hydrogen-bond acceptors (Lipinski definition) is 0. The van der Waals surface area contributed by atoms with Crippen LogP contribution in [0.3, 0.4) is 0 Å². The Hall–Kier alpha value is 0. The Morgan fingerprint density at radius 1 is 1.14 bits per heavy atom. The molecule has 0 bridgehead atoms. The quantitative estimate of drug-likeness (QED) is 0.590. The second-order valence-electron chi connectivity index (χ2n) is 6.41. The van der Waals surface area contributed by atoms with Crippen LogP contribution < -0.4 is 0 Å². The van der Waals surface area contributed by atoms with Crippen molar-refractivity contribution in [2.45, 2.75) is 67.2 Å². The highest BCUT2D eigenvalue weighted by atomic mass is 14.5. The van der Waals surface area contributed by atoms with E-state index < -0.39 is 0 Å². The van der Waals surface area contributed by atoms with Gasteiger partial charge in [-0.1, -0.05) is 48.0 Å². The number of rotatable bonds is 2. The van der Waals surface area contributed by atoms with Crippen LogP contribution in [0.15, 0.2) is 0 Å². The van der Waals surface area contributed by atoms with E-state index in [0.29, 0.717) is 10.8 Å². The van der Waals surface area contributed by atoms with Crippen molar-refractivity contribution in [2.24, 2.45) is 22.7 Å². The molecule has 3 unspecified atom stereocenters. The van der Waals surface area contributed by atoms with Crippen LogP contribution >= 0.6 is 0 Å². The molecule has 3 atom stereocenters. The summed E-state index contributed by atoms with van der Waals surface area (Å²) in [4.78, 5) is 0. The van der Waals surface area contributed by atoms with Crippen molar-refractivity contribution in [3.05, 3.63) is 0 Å². The molecule has 1 aliphatic carbocycles. The van der Waals surface area contributed by atoms with E-state index in [0.717, 1.165) is 11.8 Å². The van der Waals surface area contributed by atoms with Gasteiger partial charge in [-0.2, -0.15) is 0 Å². The molecule has 84 valence electrons. The Bertz CT molecular complexity index is 192. The Kier molecular flexibility index (Phi) is 3.33. The van der Waals surface area contributed by atoms with Crippen LogP contribution in [0.5, 0.6) is 0 Å². The van der Waals surface area contributed by atoms with Gasteiger partial charge in [0.05, 0.1) is 0 Å². The predicted molar refractivity (Wildman–Crippen MR) is 64.4 cm³/mol. The third-order valence-electron chi connectivity index (χ3n) is 5.30. The van der Waals surface area contributed by atoms with E-state index in [1.807, 2.05) is 0 Å². The van der Waals surface area contributed by atoms with Crippen molar-refractivity contribution in [3.63, 3.8) is 0 Å². The zero-order valence-electron chi connectivity index (χ0n) is 11.0. The molecule has 0 aromatic heterocycles. The fourth-order valence-electron chi connectivity index (χ4n) is 3.46. The van der Waals surface area contributed by atoms with Gasteiger partial charge in [-0.3, -0.25) is 0 Å². The first-order valence-electron chi connectivity index (χ1n) is 6.34. The zero-order chi connectivity index (χ0) is 11.0. The van der Waals surface area contributed by atoms with Gasteiger partial charge in [0.1, 0.15) is 0 Å². The normalized spacial score (nSPS) is 42.4. The van der Waals surface area contributed by atoms with Gasteiger partial charge in [-0.15, -0.1) is 0 Å². The Labute approximate surface area is 90.5 Å². The molecule has 0 saturated heterocycles. The molecular formula is C14H28. The lowest BCUT2D eigenvalue weighted by Crippen LogP contribution is -2.45. The van der Waals surface area contributed by atoms with Crippen molar-refractivity contribution in [1.82, 2.24) is 0 Å². The molecule has 14 heavy (non-hydrogen) atoms. The molecule has 0 N–H and O–H groups in total. The van der Waals surface area contributed by atoms with E-state index >= 15 is 0 Å². The van der Waals surface area contributed by atoms with Crippen molar-refractivity contribution < 1.29 is 0 Å². The van der Waals surface area contributed by atoms with Crippen molar-refractivity contribution >= 4 is 0 Å². The summed E-state index contributed by atoms with van der Waals surface area (Å²) < 4.78 is 0. The van der Waals surface area contributed by atoms with Crippen LogP contribution in [0.1, 0.15) is 67.2 Å². The summed E-state index contributed by atoms with van der Waals surface area (Å²) in [6, 6.07) is 0. The molecule has 1 aliphatic rings. The third kappa shape index (κ3) is 1.85. The molecule has 0 amide bonds. The second kappa shape index (κ2) is 3.87. The van der Waals surface area contributed by atoms with Gasteiger partial charge in [0.25, 0.3) is 0 Å². The van der Waals surface area contributed by atoms with Crippen molar-refractivity contribution in [1.29, 1.82) is 0 Å². The second-order valence-corrected chi connectivity index (χ2v) is 6.41. The first kappa shape index (κ1) is 12.1. The zero-order valence-corrected chi connectivity index (χ0v) is 11.0. The van der Waals surface area contributed by atoms with E-state index in [-0.39, 0.29) is 0 Å².